The second-order valence-corrected chi connectivity index (χ2v) is 8.99. The van der Waals surface area contributed by atoms with Crippen LogP contribution in [-0.4, -0.2) is 23.2 Å². The van der Waals surface area contributed by atoms with Gasteiger partial charge < -0.3 is 4.57 Å². The standard InChI is InChI=1S/C19H19BrN4O2S/c20-15-9-4-6-11-17(15)27(25,26)23-16-10-5-3-8-14(16)19-22-21-18-12-2-1-7-13-24(18)19/h3-6,8-11,23H,1-2,7,12-13H2. The van der Waals surface area contributed by atoms with Crippen molar-refractivity contribution < 1.29 is 8.42 Å². The van der Waals surface area contributed by atoms with Gasteiger partial charge in [0.05, 0.1) is 5.69 Å². The van der Waals surface area contributed by atoms with Crippen LogP contribution >= 0.6 is 15.9 Å². The van der Waals surface area contributed by atoms with E-state index >= 15 is 0 Å². The van der Waals surface area contributed by atoms with Gasteiger partial charge in [0.15, 0.2) is 5.82 Å². The Kier molecular flexibility index (Phi) is 5.01. The van der Waals surface area contributed by atoms with Crippen molar-refractivity contribution in [3.8, 4) is 11.4 Å². The summed E-state index contributed by atoms with van der Waals surface area (Å²) in [4.78, 5) is 0.194. The Hall–Kier alpha value is -2.19. The lowest BCUT2D eigenvalue weighted by Gasteiger charge is -2.14. The molecule has 0 spiro atoms. The van der Waals surface area contributed by atoms with Crippen LogP contribution in [0.25, 0.3) is 11.4 Å². The van der Waals surface area contributed by atoms with E-state index in [2.05, 4.69) is 35.4 Å². The zero-order valence-electron chi connectivity index (χ0n) is 14.6. The third kappa shape index (κ3) is 3.64. The summed E-state index contributed by atoms with van der Waals surface area (Å²) in [6.07, 6.45) is 4.24. The Labute approximate surface area is 166 Å². The van der Waals surface area contributed by atoms with E-state index in [-0.39, 0.29) is 4.90 Å². The highest BCUT2D eigenvalue weighted by Gasteiger charge is 2.22. The van der Waals surface area contributed by atoms with Crippen molar-refractivity contribution in [3.63, 3.8) is 0 Å². The van der Waals surface area contributed by atoms with Crippen LogP contribution in [0.2, 0.25) is 0 Å². The summed E-state index contributed by atoms with van der Waals surface area (Å²) in [6, 6.07) is 14.1. The van der Waals surface area contributed by atoms with Crippen LogP contribution in [0, 0.1) is 0 Å². The topological polar surface area (TPSA) is 76.9 Å². The summed E-state index contributed by atoms with van der Waals surface area (Å²) in [5.74, 6) is 1.67. The highest BCUT2D eigenvalue weighted by Crippen LogP contribution is 2.31. The van der Waals surface area contributed by atoms with E-state index in [1.807, 2.05) is 12.1 Å². The largest absolute Gasteiger partial charge is 0.311 e. The zero-order chi connectivity index (χ0) is 18.9. The monoisotopic (exact) mass is 446 g/mol. The third-order valence-electron chi connectivity index (χ3n) is 4.65. The predicted molar refractivity (Wildman–Crippen MR) is 108 cm³/mol. The molecule has 3 aromatic rings. The third-order valence-corrected chi connectivity index (χ3v) is 7.03. The minimum absolute atomic E-state index is 0.194. The molecule has 0 aliphatic carbocycles. The summed E-state index contributed by atoms with van der Waals surface area (Å²) in [5, 5.41) is 8.69. The molecule has 2 aromatic carbocycles. The van der Waals surface area contributed by atoms with E-state index in [1.165, 1.54) is 6.42 Å². The summed E-state index contributed by atoms with van der Waals surface area (Å²) >= 11 is 3.32. The molecule has 0 amide bonds. The number of aryl methyl sites for hydroxylation is 1. The van der Waals surface area contributed by atoms with E-state index in [0.717, 1.165) is 37.2 Å². The number of nitrogens with zero attached hydrogens (tertiary/aromatic N) is 3. The van der Waals surface area contributed by atoms with Crippen molar-refractivity contribution in [2.75, 3.05) is 4.72 Å². The molecule has 0 unspecified atom stereocenters. The molecule has 0 saturated carbocycles. The van der Waals surface area contributed by atoms with Crippen molar-refractivity contribution in [1.29, 1.82) is 0 Å². The van der Waals surface area contributed by atoms with Crippen LogP contribution in [0.15, 0.2) is 57.9 Å². The lowest BCUT2D eigenvalue weighted by atomic mass is 10.1. The molecule has 2 heterocycles. The minimum Gasteiger partial charge on any atom is -0.311 e. The Morgan fingerprint density at radius 1 is 0.963 bits per heavy atom. The number of rotatable bonds is 4. The van der Waals surface area contributed by atoms with E-state index < -0.39 is 10.0 Å². The molecule has 0 fully saturated rings. The summed E-state index contributed by atoms with van der Waals surface area (Å²) in [7, 11) is -3.74. The van der Waals surface area contributed by atoms with Crippen molar-refractivity contribution in [3.05, 3.63) is 58.8 Å². The molecule has 0 bridgehead atoms. The number of halogens is 1. The Balaban J connectivity index is 1.75. The van der Waals surface area contributed by atoms with Crippen LogP contribution in [0.4, 0.5) is 5.69 Å². The van der Waals surface area contributed by atoms with Gasteiger partial charge in [-0.15, -0.1) is 10.2 Å². The van der Waals surface area contributed by atoms with Gasteiger partial charge in [-0.3, -0.25) is 4.72 Å². The molecule has 0 atom stereocenters. The summed E-state index contributed by atoms with van der Waals surface area (Å²) in [5.41, 5.74) is 1.22. The van der Waals surface area contributed by atoms with E-state index in [1.54, 1.807) is 36.4 Å². The SMILES string of the molecule is O=S(=O)(Nc1ccccc1-c1nnc2n1CCCCC2)c1ccccc1Br. The second kappa shape index (κ2) is 7.44. The van der Waals surface area contributed by atoms with Gasteiger partial charge >= 0.3 is 0 Å². The van der Waals surface area contributed by atoms with Gasteiger partial charge in [-0.25, -0.2) is 8.42 Å². The first kappa shape index (κ1) is 18.2. The molecular formula is C19H19BrN4O2S. The Morgan fingerprint density at radius 3 is 2.59 bits per heavy atom. The molecule has 0 saturated heterocycles. The van der Waals surface area contributed by atoms with Crippen LogP contribution in [0.5, 0.6) is 0 Å². The normalized spacial score (nSPS) is 14.4. The van der Waals surface area contributed by atoms with Gasteiger partial charge in [-0.2, -0.15) is 0 Å². The fourth-order valence-electron chi connectivity index (χ4n) is 3.31. The van der Waals surface area contributed by atoms with Crippen LogP contribution in [0.3, 0.4) is 0 Å². The Bertz CT molecular complexity index is 1080. The number of sulfonamides is 1. The molecular weight excluding hydrogens is 428 g/mol. The molecule has 1 aliphatic rings. The van der Waals surface area contributed by atoms with Crippen LogP contribution in [0.1, 0.15) is 25.1 Å². The summed E-state index contributed by atoms with van der Waals surface area (Å²) in [6.45, 7) is 0.850. The highest BCUT2D eigenvalue weighted by molar-refractivity contribution is 9.10. The van der Waals surface area contributed by atoms with Gasteiger partial charge in [0.1, 0.15) is 10.7 Å². The van der Waals surface area contributed by atoms with Crippen molar-refractivity contribution in [2.24, 2.45) is 0 Å². The molecule has 6 nitrogen and oxygen atoms in total. The molecule has 4 rings (SSSR count). The maximum Gasteiger partial charge on any atom is 0.263 e. The minimum atomic E-state index is -3.74. The first-order valence-electron chi connectivity index (χ1n) is 8.85. The quantitative estimate of drug-likeness (QED) is 0.649. The molecule has 140 valence electrons. The average molecular weight is 447 g/mol. The molecule has 1 N–H and O–H groups in total. The number of benzene rings is 2. The van der Waals surface area contributed by atoms with Gasteiger partial charge in [0, 0.05) is 23.0 Å². The predicted octanol–water partition coefficient (Wildman–Crippen LogP) is 4.23. The molecule has 27 heavy (non-hydrogen) atoms. The summed E-state index contributed by atoms with van der Waals surface area (Å²) < 4.78 is 31.2. The maximum absolute atomic E-state index is 12.9. The lowest BCUT2D eigenvalue weighted by Crippen LogP contribution is -2.14. The van der Waals surface area contributed by atoms with Gasteiger partial charge in [0.2, 0.25) is 0 Å². The lowest BCUT2D eigenvalue weighted by molar-refractivity contribution is 0.600. The average Bonchev–Trinajstić information content (AvgIpc) is 2.90. The highest BCUT2D eigenvalue weighted by atomic mass is 79.9. The smallest absolute Gasteiger partial charge is 0.263 e. The van der Waals surface area contributed by atoms with Crippen LogP contribution in [-0.2, 0) is 23.0 Å². The van der Waals surface area contributed by atoms with Crippen LogP contribution < -0.4 is 4.72 Å². The number of nitrogens with one attached hydrogen (secondary N) is 1. The maximum atomic E-state index is 12.9. The van der Waals surface area contributed by atoms with Crippen molar-refractivity contribution in [1.82, 2.24) is 14.8 Å². The zero-order valence-corrected chi connectivity index (χ0v) is 17.0. The number of aromatic nitrogens is 3. The second-order valence-electron chi connectivity index (χ2n) is 6.48. The number of anilines is 1. The van der Waals surface area contributed by atoms with Crippen molar-refractivity contribution >= 4 is 31.6 Å². The fourth-order valence-corrected chi connectivity index (χ4v) is 5.40. The van der Waals surface area contributed by atoms with E-state index in [0.29, 0.717) is 16.0 Å². The van der Waals surface area contributed by atoms with Gasteiger partial charge in [-0.05, 0) is 53.0 Å². The molecule has 1 aromatic heterocycles. The molecule has 8 heteroatoms. The first-order valence-corrected chi connectivity index (χ1v) is 11.1. The fraction of sp³-hybridized carbons (Fsp3) is 0.263. The van der Waals surface area contributed by atoms with E-state index in [9.17, 15) is 8.42 Å². The first-order chi connectivity index (χ1) is 13.1. The van der Waals surface area contributed by atoms with Gasteiger partial charge in [0.25, 0.3) is 10.0 Å². The molecule has 0 radical (unpaired) electrons. The van der Waals surface area contributed by atoms with E-state index in [4.69, 9.17) is 0 Å². The number of hydrogen-bond donors (Lipinski definition) is 1. The number of hydrogen-bond acceptors (Lipinski definition) is 4. The Morgan fingerprint density at radius 2 is 1.74 bits per heavy atom. The number of para-hydroxylation sites is 1. The van der Waals surface area contributed by atoms with Crippen molar-refractivity contribution in [2.45, 2.75) is 37.1 Å². The van der Waals surface area contributed by atoms with Gasteiger partial charge in [-0.1, -0.05) is 30.7 Å². The number of fused-ring (bicyclic) bond motifs is 1. The molecule has 1 aliphatic heterocycles.